The van der Waals surface area contributed by atoms with Crippen molar-refractivity contribution >= 4 is 68.5 Å². The van der Waals surface area contributed by atoms with E-state index in [1.54, 1.807) is 42.1 Å². The minimum absolute atomic E-state index is 0.00137. The number of carbonyl (C=O) groups is 4. The summed E-state index contributed by atoms with van der Waals surface area (Å²) < 4.78 is 7.36. The van der Waals surface area contributed by atoms with Crippen molar-refractivity contribution in [2.45, 2.75) is 91.5 Å². The summed E-state index contributed by atoms with van der Waals surface area (Å²) in [4.78, 5) is 87.2. The van der Waals surface area contributed by atoms with Crippen molar-refractivity contribution < 1.29 is 23.9 Å². The summed E-state index contributed by atoms with van der Waals surface area (Å²) in [6, 6.07) is 9.00. The van der Waals surface area contributed by atoms with Gasteiger partial charge >= 0.3 is 0 Å². The van der Waals surface area contributed by atoms with Gasteiger partial charge in [0.15, 0.2) is 17.5 Å². The Hall–Kier alpha value is -6.27. The maximum absolute atomic E-state index is 13.6. The van der Waals surface area contributed by atoms with Gasteiger partial charge in [-0.15, -0.1) is 11.3 Å². The van der Waals surface area contributed by atoms with Crippen LogP contribution in [0.15, 0.2) is 53.7 Å². The molecule has 2 fully saturated rings. The fraction of sp³-hybridized carbons (Fsp3) is 0.468. The lowest BCUT2D eigenvalue weighted by molar-refractivity contribution is -0.123. The molecule has 0 radical (unpaired) electrons. The Kier molecular flexibility index (Phi) is 15.9. The van der Waals surface area contributed by atoms with E-state index >= 15 is 0 Å². The molecule has 1 saturated carbocycles. The highest BCUT2D eigenvalue weighted by atomic mass is 32.1. The monoisotopic (exact) mass is 905 g/mol. The third kappa shape index (κ3) is 12.3. The quantitative estimate of drug-likeness (QED) is 0.0503. The maximum atomic E-state index is 13.6. The van der Waals surface area contributed by atoms with Crippen molar-refractivity contribution in [3.63, 3.8) is 0 Å². The van der Waals surface area contributed by atoms with Crippen LogP contribution in [-0.4, -0.2) is 105 Å². The number of carbonyl (C=O) groups excluding carboxylic acids is 4. The highest BCUT2D eigenvalue weighted by molar-refractivity contribution is 7.15. The molecule has 1 aliphatic carbocycles. The number of amides is 3. The van der Waals surface area contributed by atoms with E-state index in [0.717, 1.165) is 100 Å². The number of unbranched alkanes of at least 4 members (excludes halogenated alkanes) is 4. The fourth-order valence-electron chi connectivity index (χ4n) is 8.49. The highest BCUT2D eigenvalue weighted by Gasteiger charge is 2.26. The number of pyridine rings is 2. The molecule has 5 aromatic rings. The van der Waals surface area contributed by atoms with Crippen LogP contribution in [0.4, 0.5) is 22.6 Å². The zero-order valence-electron chi connectivity index (χ0n) is 37.7. The Morgan fingerprint density at radius 2 is 1.55 bits per heavy atom. The third-order valence-electron chi connectivity index (χ3n) is 12.0. The number of Topliss-reactive ketones (excluding diaryl/α,β-unsaturated/α-hetero) is 1. The summed E-state index contributed by atoms with van der Waals surface area (Å²) in [7, 11) is 0. The second-order valence-corrected chi connectivity index (χ2v) is 18.1. The van der Waals surface area contributed by atoms with Gasteiger partial charge in [0.1, 0.15) is 17.2 Å². The average molecular weight is 906 g/mol. The van der Waals surface area contributed by atoms with Crippen molar-refractivity contribution in [3.8, 4) is 5.75 Å². The molecule has 0 bridgehead atoms. The molecule has 4 aromatic heterocycles. The predicted octanol–water partition coefficient (Wildman–Crippen LogP) is 6.27. The first-order valence-electron chi connectivity index (χ1n) is 22.6. The van der Waals surface area contributed by atoms with Gasteiger partial charge in [0.25, 0.3) is 17.4 Å². The fourth-order valence-corrected chi connectivity index (χ4v) is 9.15. The summed E-state index contributed by atoms with van der Waals surface area (Å²) in [5.74, 6) is 0.768. The maximum Gasteiger partial charge on any atom is 0.263 e. The van der Waals surface area contributed by atoms with Crippen LogP contribution in [0, 0.1) is 20.8 Å². The second kappa shape index (κ2) is 22.1. The summed E-state index contributed by atoms with van der Waals surface area (Å²) >= 11 is 1.41. The molecule has 0 spiro atoms. The van der Waals surface area contributed by atoms with E-state index < -0.39 is 0 Å². The van der Waals surface area contributed by atoms with Crippen LogP contribution in [0.1, 0.15) is 107 Å². The molecule has 3 amide bonds. The third-order valence-corrected chi connectivity index (χ3v) is 12.8. The number of ether oxygens (including phenoxy) is 1. The number of rotatable bonds is 20. The van der Waals surface area contributed by atoms with E-state index in [0.29, 0.717) is 64.4 Å². The van der Waals surface area contributed by atoms with E-state index in [1.807, 2.05) is 32.2 Å². The molecule has 1 saturated heterocycles. The molecular weight excluding hydrogens is 847 g/mol. The van der Waals surface area contributed by atoms with E-state index in [9.17, 15) is 24.0 Å². The van der Waals surface area contributed by atoms with E-state index in [4.69, 9.17) is 9.72 Å². The van der Waals surface area contributed by atoms with Crippen LogP contribution in [0.25, 0.3) is 11.0 Å². The Labute approximate surface area is 382 Å². The first-order chi connectivity index (χ1) is 31.4. The molecule has 0 unspecified atom stereocenters. The van der Waals surface area contributed by atoms with Crippen molar-refractivity contribution in [1.29, 1.82) is 0 Å². The van der Waals surface area contributed by atoms with Crippen molar-refractivity contribution in [3.05, 3.63) is 86.4 Å². The molecule has 5 heterocycles. The molecule has 1 aliphatic heterocycles. The van der Waals surface area contributed by atoms with Crippen LogP contribution < -0.4 is 36.5 Å². The van der Waals surface area contributed by atoms with Gasteiger partial charge in [0.2, 0.25) is 11.9 Å². The van der Waals surface area contributed by atoms with Crippen molar-refractivity contribution in [1.82, 2.24) is 40.0 Å². The molecule has 7 rings (SSSR count). The number of aromatic nitrogens is 5. The minimum atomic E-state index is -0.282. The Morgan fingerprint density at radius 3 is 2.22 bits per heavy atom. The molecule has 18 heteroatoms. The zero-order valence-corrected chi connectivity index (χ0v) is 38.5. The summed E-state index contributed by atoms with van der Waals surface area (Å²) in [6.07, 6.45) is 13.8. The zero-order chi connectivity index (χ0) is 45.9. The summed E-state index contributed by atoms with van der Waals surface area (Å²) in [5.41, 5.74) is 3.31. The molecular formula is C47H59N11O6S. The van der Waals surface area contributed by atoms with Gasteiger partial charge in [0, 0.05) is 73.5 Å². The lowest BCUT2D eigenvalue weighted by Crippen LogP contribution is -2.49. The Balaban J connectivity index is 0.741. The summed E-state index contributed by atoms with van der Waals surface area (Å²) in [6.45, 7) is 11.5. The van der Waals surface area contributed by atoms with Gasteiger partial charge in [-0.1, -0.05) is 32.1 Å². The molecule has 344 valence electrons. The van der Waals surface area contributed by atoms with Crippen LogP contribution >= 0.6 is 11.3 Å². The predicted molar refractivity (Wildman–Crippen MR) is 253 cm³/mol. The number of nitrogens with zero attached hydrogens (tertiary/aromatic N) is 7. The van der Waals surface area contributed by atoms with Gasteiger partial charge in [0.05, 0.1) is 24.0 Å². The van der Waals surface area contributed by atoms with E-state index in [2.05, 4.69) is 46.0 Å². The highest BCUT2D eigenvalue weighted by Crippen LogP contribution is 2.32. The number of fused-ring (bicyclic) bond motifs is 1. The largest absolute Gasteiger partial charge is 0.484 e. The lowest BCUT2D eigenvalue weighted by atomic mass is 10.0. The van der Waals surface area contributed by atoms with Gasteiger partial charge in [-0.3, -0.25) is 38.8 Å². The van der Waals surface area contributed by atoms with Gasteiger partial charge in [-0.05, 0) is 94.8 Å². The van der Waals surface area contributed by atoms with Crippen LogP contribution in [0.5, 0.6) is 5.75 Å². The van der Waals surface area contributed by atoms with Crippen LogP contribution in [-0.2, 0) is 9.59 Å². The normalized spacial score (nSPS) is 14.4. The van der Waals surface area contributed by atoms with Crippen LogP contribution in [0.3, 0.4) is 0 Å². The van der Waals surface area contributed by atoms with Crippen molar-refractivity contribution in [2.75, 3.05) is 68.0 Å². The van der Waals surface area contributed by atoms with E-state index in [1.165, 1.54) is 18.3 Å². The van der Waals surface area contributed by atoms with Gasteiger partial charge in [-0.25, -0.2) is 15.0 Å². The van der Waals surface area contributed by atoms with Gasteiger partial charge in [-0.2, -0.15) is 4.98 Å². The Morgan fingerprint density at radius 1 is 0.831 bits per heavy atom. The van der Waals surface area contributed by atoms with Gasteiger partial charge < -0.3 is 25.6 Å². The number of aryl methyl sites for hydroxylation is 3. The standard InChI is InChI=1S/C47H59N11O6S/c1-30-24-36(15-16-37(30)44(62)55-47-52-25-31(2)65-47)64-29-41(61)49-19-11-7-5-6-10-18-48-40(60)28-56-20-22-57(23-21-56)35-14-17-39(50-26-35)53-46-51-27-38-32(3)42(33(4)59)45(63)58(43(38)54-46)34-12-8-9-13-34/h14-17,24-27,34H,5-13,18-23,28-29H2,1-4H3,(H,48,60)(H,49,61)(H,52,55,62)(H,50,51,53,54). The molecule has 65 heavy (non-hydrogen) atoms. The number of nitrogens with one attached hydrogen (secondary N) is 4. The molecule has 1 aromatic carbocycles. The average Bonchev–Trinajstić information content (AvgIpc) is 3.97. The first-order valence-corrected chi connectivity index (χ1v) is 23.4. The number of piperazine rings is 1. The number of hydrogen-bond donors (Lipinski definition) is 4. The topological polar surface area (TPSA) is 206 Å². The summed E-state index contributed by atoms with van der Waals surface area (Å²) in [5, 5.41) is 13.2. The molecule has 0 atom stereocenters. The second-order valence-electron chi connectivity index (χ2n) is 16.9. The lowest BCUT2D eigenvalue weighted by Gasteiger charge is -2.35. The van der Waals surface area contributed by atoms with Crippen molar-refractivity contribution in [2.24, 2.45) is 0 Å². The molecule has 17 nitrogen and oxygen atoms in total. The number of anilines is 4. The smallest absolute Gasteiger partial charge is 0.263 e. The number of benzene rings is 1. The number of thiazole rings is 1. The SMILES string of the molecule is CC(=O)c1c(C)c2cnc(Nc3ccc(N4CCN(CC(=O)NCCCCCCCNC(=O)COc5ccc(C(=O)Nc6ncc(C)s6)c(C)c5)CC4)cn3)nc2n(C2CCCC2)c1=O. The van der Waals surface area contributed by atoms with Crippen LogP contribution in [0.2, 0.25) is 0 Å². The first kappa shape index (κ1) is 46.7. The molecule has 4 N–H and O–H groups in total. The minimum Gasteiger partial charge on any atom is -0.484 e. The van der Waals surface area contributed by atoms with E-state index in [-0.39, 0.29) is 47.3 Å². The molecule has 2 aliphatic rings. The number of ketones is 1. The number of hydrogen-bond acceptors (Lipinski definition) is 14. The Bertz CT molecular complexity index is 2550.